The van der Waals surface area contributed by atoms with Gasteiger partial charge in [0.25, 0.3) is 0 Å². The maximum atomic E-state index is 13.8. The Bertz CT molecular complexity index is 585. The second-order valence-electron chi connectivity index (χ2n) is 5.01. The number of nitrogens with zero attached hydrogens (tertiary/aromatic N) is 2. The van der Waals surface area contributed by atoms with Crippen LogP contribution in [0.4, 0.5) is 8.78 Å². The fourth-order valence-corrected chi connectivity index (χ4v) is 2.11. The van der Waals surface area contributed by atoms with E-state index in [0.717, 1.165) is 30.4 Å². The van der Waals surface area contributed by atoms with Crippen LogP contribution < -0.4 is 5.32 Å². The molecule has 0 fully saturated rings. The molecule has 0 spiro atoms. The summed E-state index contributed by atoms with van der Waals surface area (Å²) < 4.78 is 27.1. The normalized spacial score (nSPS) is 12.4. The summed E-state index contributed by atoms with van der Waals surface area (Å²) in [6.07, 6.45) is 4.64. The molecule has 1 unspecified atom stereocenters. The SMILES string of the molecule is CCCNC(Cc1cccc(F)c1F)c1cnc(C)cn1. The quantitative estimate of drug-likeness (QED) is 0.887. The number of benzene rings is 1. The van der Waals surface area contributed by atoms with Gasteiger partial charge in [-0.25, -0.2) is 8.78 Å². The first-order valence-electron chi connectivity index (χ1n) is 7.06. The van der Waals surface area contributed by atoms with Gasteiger partial charge in [-0.2, -0.15) is 0 Å². The van der Waals surface area contributed by atoms with E-state index in [1.165, 1.54) is 6.07 Å². The van der Waals surface area contributed by atoms with Crippen LogP contribution in [0.5, 0.6) is 0 Å². The molecule has 2 aromatic rings. The Labute approximate surface area is 123 Å². The van der Waals surface area contributed by atoms with Gasteiger partial charge in [-0.1, -0.05) is 19.1 Å². The van der Waals surface area contributed by atoms with Gasteiger partial charge in [0.05, 0.1) is 23.6 Å². The average Bonchev–Trinajstić information content (AvgIpc) is 2.49. The van der Waals surface area contributed by atoms with Gasteiger partial charge in [0.15, 0.2) is 11.6 Å². The van der Waals surface area contributed by atoms with Crippen LogP contribution in [0.2, 0.25) is 0 Å². The Hall–Kier alpha value is -1.88. The summed E-state index contributed by atoms with van der Waals surface area (Å²) in [5.41, 5.74) is 1.90. The minimum Gasteiger partial charge on any atom is -0.308 e. The molecule has 0 radical (unpaired) electrons. The van der Waals surface area contributed by atoms with Crippen molar-refractivity contribution >= 4 is 0 Å². The smallest absolute Gasteiger partial charge is 0.162 e. The van der Waals surface area contributed by atoms with Crippen molar-refractivity contribution in [3.05, 3.63) is 59.2 Å². The molecule has 0 bridgehead atoms. The second kappa shape index (κ2) is 7.22. The minimum atomic E-state index is -0.822. The van der Waals surface area contributed by atoms with Crippen molar-refractivity contribution in [1.82, 2.24) is 15.3 Å². The van der Waals surface area contributed by atoms with Crippen LogP contribution >= 0.6 is 0 Å². The van der Waals surface area contributed by atoms with Crippen molar-refractivity contribution in [3.8, 4) is 0 Å². The number of rotatable bonds is 6. The van der Waals surface area contributed by atoms with Crippen LogP contribution in [0.15, 0.2) is 30.6 Å². The Morgan fingerprint density at radius 3 is 2.67 bits per heavy atom. The largest absolute Gasteiger partial charge is 0.308 e. The van der Waals surface area contributed by atoms with Gasteiger partial charge >= 0.3 is 0 Å². The second-order valence-corrected chi connectivity index (χ2v) is 5.01. The minimum absolute atomic E-state index is 0.186. The van der Waals surface area contributed by atoms with E-state index in [0.29, 0.717) is 12.0 Å². The first-order valence-corrected chi connectivity index (χ1v) is 7.06. The lowest BCUT2D eigenvalue weighted by Gasteiger charge is -2.18. The van der Waals surface area contributed by atoms with Crippen molar-refractivity contribution in [1.29, 1.82) is 0 Å². The van der Waals surface area contributed by atoms with E-state index in [9.17, 15) is 8.78 Å². The van der Waals surface area contributed by atoms with Crippen molar-refractivity contribution in [3.63, 3.8) is 0 Å². The molecule has 1 heterocycles. The molecule has 0 saturated carbocycles. The third-order valence-electron chi connectivity index (χ3n) is 3.25. The molecule has 0 aliphatic heterocycles. The molecule has 5 heteroatoms. The van der Waals surface area contributed by atoms with Crippen LogP contribution in [0.3, 0.4) is 0 Å². The molecule has 2 rings (SSSR count). The highest BCUT2D eigenvalue weighted by molar-refractivity contribution is 5.22. The summed E-state index contributed by atoms with van der Waals surface area (Å²) in [7, 11) is 0. The summed E-state index contributed by atoms with van der Waals surface area (Å²) in [5, 5.41) is 3.31. The van der Waals surface area contributed by atoms with Gasteiger partial charge < -0.3 is 5.32 Å². The maximum absolute atomic E-state index is 13.8. The molecule has 3 nitrogen and oxygen atoms in total. The number of hydrogen-bond donors (Lipinski definition) is 1. The number of hydrogen-bond acceptors (Lipinski definition) is 3. The van der Waals surface area contributed by atoms with Crippen LogP contribution in [-0.2, 0) is 6.42 Å². The van der Waals surface area contributed by atoms with E-state index in [2.05, 4.69) is 15.3 Å². The first kappa shape index (κ1) is 15.5. The molecule has 1 aromatic carbocycles. The standard InChI is InChI=1S/C16H19F2N3/c1-3-7-19-14(15-10-20-11(2)9-21-15)8-12-5-4-6-13(17)16(12)18/h4-6,9-10,14,19H,3,7-8H2,1-2H3. The van der Waals surface area contributed by atoms with E-state index in [4.69, 9.17) is 0 Å². The predicted octanol–water partition coefficient (Wildman–Crippen LogP) is 3.35. The van der Waals surface area contributed by atoms with E-state index >= 15 is 0 Å². The van der Waals surface area contributed by atoms with Gasteiger partial charge in [0, 0.05) is 6.20 Å². The molecule has 1 N–H and O–H groups in total. The van der Waals surface area contributed by atoms with E-state index in [-0.39, 0.29) is 6.04 Å². The lowest BCUT2D eigenvalue weighted by molar-refractivity contribution is 0.472. The monoisotopic (exact) mass is 291 g/mol. The third-order valence-corrected chi connectivity index (χ3v) is 3.25. The van der Waals surface area contributed by atoms with Gasteiger partial charge in [0.1, 0.15) is 0 Å². The third kappa shape index (κ3) is 4.04. The summed E-state index contributed by atoms with van der Waals surface area (Å²) in [6.45, 7) is 4.68. The van der Waals surface area contributed by atoms with Gasteiger partial charge in [0.2, 0.25) is 0 Å². The van der Waals surface area contributed by atoms with Crippen molar-refractivity contribution in [2.45, 2.75) is 32.7 Å². The molecule has 0 amide bonds. The van der Waals surface area contributed by atoms with E-state index in [1.807, 2.05) is 13.8 Å². The molecule has 0 aliphatic carbocycles. The predicted molar refractivity (Wildman–Crippen MR) is 77.9 cm³/mol. The molecular weight excluding hydrogens is 272 g/mol. The highest BCUT2D eigenvalue weighted by atomic mass is 19.2. The lowest BCUT2D eigenvalue weighted by Crippen LogP contribution is -2.25. The average molecular weight is 291 g/mol. The Kier molecular flexibility index (Phi) is 5.33. The summed E-state index contributed by atoms with van der Waals surface area (Å²) in [5.74, 6) is -1.61. The Balaban J connectivity index is 2.23. The Morgan fingerprint density at radius 2 is 2.00 bits per heavy atom. The zero-order chi connectivity index (χ0) is 15.2. The molecule has 21 heavy (non-hydrogen) atoms. The maximum Gasteiger partial charge on any atom is 0.162 e. The van der Waals surface area contributed by atoms with Crippen molar-refractivity contribution in [2.24, 2.45) is 0 Å². The highest BCUT2D eigenvalue weighted by Crippen LogP contribution is 2.20. The van der Waals surface area contributed by atoms with E-state index in [1.54, 1.807) is 18.5 Å². The zero-order valence-corrected chi connectivity index (χ0v) is 12.2. The molecule has 0 saturated heterocycles. The first-order chi connectivity index (χ1) is 10.1. The van der Waals surface area contributed by atoms with Crippen LogP contribution in [0.25, 0.3) is 0 Å². The molecule has 1 atom stereocenters. The fraction of sp³-hybridized carbons (Fsp3) is 0.375. The topological polar surface area (TPSA) is 37.8 Å². The summed E-state index contributed by atoms with van der Waals surface area (Å²) >= 11 is 0. The van der Waals surface area contributed by atoms with Gasteiger partial charge in [-0.05, 0) is 37.9 Å². The van der Waals surface area contributed by atoms with Crippen molar-refractivity contribution in [2.75, 3.05) is 6.54 Å². The number of nitrogens with one attached hydrogen (secondary N) is 1. The summed E-state index contributed by atoms with van der Waals surface area (Å²) in [6, 6.07) is 4.06. The molecule has 112 valence electrons. The number of aryl methyl sites for hydroxylation is 1. The molecule has 1 aromatic heterocycles. The zero-order valence-electron chi connectivity index (χ0n) is 12.2. The van der Waals surface area contributed by atoms with Gasteiger partial charge in [-0.3, -0.25) is 9.97 Å². The van der Waals surface area contributed by atoms with Crippen LogP contribution in [0, 0.1) is 18.6 Å². The highest BCUT2D eigenvalue weighted by Gasteiger charge is 2.17. The fourth-order valence-electron chi connectivity index (χ4n) is 2.11. The number of aromatic nitrogens is 2. The molecular formula is C16H19F2N3. The van der Waals surface area contributed by atoms with Crippen molar-refractivity contribution < 1.29 is 8.78 Å². The summed E-state index contributed by atoms with van der Waals surface area (Å²) in [4.78, 5) is 8.56. The lowest BCUT2D eigenvalue weighted by atomic mass is 10.0. The van der Waals surface area contributed by atoms with Crippen LogP contribution in [0.1, 0.15) is 36.3 Å². The Morgan fingerprint density at radius 1 is 1.19 bits per heavy atom. The van der Waals surface area contributed by atoms with E-state index < -0.39 is 11.6 Å². The molecule has 0 aliphatic rings. The van der Waals surface area contributed by atoms with Gasteiger partial charge in [-0.15, -0.1) is 0 Å². The number of halogens is 2. The van der Waals surface area contributed by atoms with Crippen LogP contribution in [-0.4, -0.2) is 16.5 Å².